The fourth-order valence-electron chi connectivity index (χ4n) is 1.99. The third-order valence-electron chi connectivity index (χ3n) is 2.95. The maximum atomic E-state index is 9.16. The number of aryl methyl sites for hydroxylation is 1. The molecule has 1 aromatic rings. The van der Waals surface area contributed by atoms with Crippen molar-refractivity contribution in [1.29, 1.82) is 0 Å². The van der Waals surface area contributed by atoms with Crippen molar-refractivity contribution in [2.75, 3.05) is 24.6 Å². The van der Waals surface area contributed by atoms with E-state index in [0.29, 0.717) is 12.5 Å². The predicted octanol–water partition coefficient (Wildman–Crippen LogP) is 1.91. The number of nitrogens with zero attached hydrogens (tertiary/aromatic N) is 2. The van der Waals surface area contributed by atoms with Gasteiger partial charge in [-0.1, -0.05) is 6.92 Å². The molecule has 4 heteroatoms. The lowest BCUT2D eigenvalue weighted by atomic mass is 10.00. The van der Waals surface area contributed by atoms with Gasteiger partial charge in [-0.25, -0.2) is 4.98 Å². The molecule has 1 N–H and O–H groups in total. The molecule has 0 radical (unpaired) electrons. The Balaban J connectivity index is 2.03. The Labute approximate surface area is 94.8 Å². The molecule has 0 amide bonds. The van der Waals surface area contributed by atoms with Gasteiger partial charge >= 0.3 is 0 Å². The molecule has 3 nitrogen and oxygen atoms in total. The zero-order valence-corrected chi connectivity index (χ0v) is 9.96. The molecule has 15 heavy (non-hydrogen) atoms. The molecule has 84 valence electrons. The summed E-state index contributed by atoms with van der Waals surface area (Å²) in [4.78, 5) is 6.90. The third kappa shape index (κ3) is 2.49. The van der Waals surface area contributed by atoms with E-state index in [1.165, 1.54) is 12.1 Å². The van der Waals surface area contributed by atoms with E-state index < -0.39 is 0 Å². The van der Waals surface area contributed by atoms with E-state index in [1.807, 2.05) is 0 Å². The molecule has 2 heterocycles. The second kappa shape index (κ2) is 4.94. The Bertz CT molecular complexity index is 313. The van der Waals surface area contributed by atoms with Crippen LogP contribution in [0.1, 0.15) is 25.5 Å². The summed E-state index contributed by atoms with van der Waals surface area (Å²) in [5.74, 6) is 0.438. The number of hydrogen-bond acceptors (Lipinski definition) is 4. The number of anilines is 1. The lowest BCUT2D eigenvalue weighted by Crippen LogP contribution is -2.36. The van der Waals surface area contributed by atoms with Crippen LogP contribution in [0.15, 0.2) is 5.38 Å². The highest BCUT2D eigenvalue weighted by Gasteiger charge is 2.21. The van der Waals surface area contributed by atoms with Gasteiger partial charge in [-0.3, -0.25) is 0 Å². The van der Waals surface area contributed by atoms with E-state index in [0.717, 1.165) is 31.1 Å². The summed E-state index contributed by atoms with van der Waals surface area (Å²) >= 11 is 1.73. The average molecular weight is 226 g/mol. The summed E-state index contributed by atoms with van der Waals surface area (Å²) in [6, 6.07) is 0. The molecule has 2 rings (SSSR count). The molecule has 0 aromatic carbocycles. The predicted molar refractivity (Wildman–Crippen MR) is 63.5 cm³/mol. The maximum Gasteiger partial charge on any atom is 0.185 e. The van der Waals surface area contributed by atoms with Gasteiger partial charge in [0.15, 0.2) is 5.13 Å². The van der Waals surface area contributed by atoms with Crippen LogP contribution in [0.2, 0.25) is 0 Å². The van der Waals surface area contributed by atoms with Crippen LogP contribution in [0.25, 0.3) is 0 Å². The SMILES string of the molecule is CCc1csc(N2CCCC(CO)C2)n1. The first kappa shape index (κ1) is 10.9. The van der Waals surface area contributed by atoms with Crippen LogP contribution in [0.5, 0.6) is 0 Å². The highest BCUT2D eigenvalue weighted by molar-refractivity contribution is 7.13. The molecule has 1 aliphatic rings. The number of piperidine rings is 1. The van der Waals surface area contributed by atoms with Gasteiger partial charge < -0.3 is 10.0 Å². The lowest BCUT2D eigenvalue weighted by Gasteiger charge is -2.31. The summed E-state index contributed by atoms with van der Waals surface area (Å²) < 4.78 is 0. The van der Waals surface area contributed by atoms with E-state index in [9.17, 15) is 0 Å². The van der Waals surface area contributed by atoms with Gasteiger partial charge in [0.25, 0.3) is 0 Å². The zero-order chi connectivity index (χ0) is 10.7. The Morgan fingerprint density at radius 2 is 2.53 bits per heavy atom. The third-order valence-corrected chi connectivity index (χ3v) is 3.90. The number of aliphatic hydroxyl groups is 1. The van der Waals surface area contributed by atoms with Crippen LogP contribution < -0.4 is 4.90 Å². The smallest absolute Gasteiger partial charge is 0.185 e. The van der Waals surface area contributed by atoms with Crippen molar-refractivity contribution < 1.29 is 5.11 Å². The second-order valence-corrected chi connectivity index (χ2v) is 4.95. The van der Waals surface area contributed by atoms with Crippen LogP contribution >= 0.6 is 11.3 Å². The first-order valence-corrected chi connectivity index (χ1v) is 6.51. The largest absolute Gasteiger partial charge is 0.396 e. The van der Waals surface area contributed by atoms with Crippen LogP contribution in [0.3, 0.4) is 0 Å². The summed E-state index contributed by atoms with van der Waals surface area (Å²) in [5.41, 5.74) is 1.18. The molecule has 1 saturated heterocycles. The minimum Gasteiger partial charge on any atom is -0.396 e. The molecule has 1 aromatic heterocycles. The zero-order valence-electron chi connectivity index (χ0n) is 9.15. The Kier molecular flexibility index (Phi) is 3.59. The molecule has 0 bridgehead atoms. The summed E-state index contributed by atoms with van der Waals surface area (Å²) in [5, 5.41) is 12.4. The molecule has 1 aliphatic heterocycles. The van der Waals surface area contributed by atoms with Crippen LogP contribution in [-0.4, -0.2) is 29.8 Å². The van der Waals surface area contributed by atoms with E-state index in [-0.39, 0.29) is 0 Å². The Morgan fingerprint density at radius 1 is 1.67 bits per heavy atom. The summed E-state index contributed by atoms with van der Waals surface area (Å²) in [6.07, 6.45) is 3.33. The van der Waals surface area contributed by atoms with Crippen LogP contribution in [0, 0.1) is 5.92 Å². The van der Waals surface area contributed by atoms with Gasteiger partial charge in [0.2, 0.25) is 0 Å². The van der Waals surface area contributed by atoms with Gasteiger partial charge in [0, 0.05) is 25.1 Å². The van der Waals surface area contributed by atoms with E-state index in [1.54, 1.807) is 11.3 Å². The number of aliphatic hydroxyl groups excluding tert-OH is 1. The number of aromatic nitrogens is 1. The second-order valence-electron chi connectivity index (χ2n) is 4.11. The van der Waals surface area contributed by atoms with Crippen molar-refractivity contribution in [1.82, 2.24) is 4.98 Å². The maximum absolute atomic E-state index is 9.16. The van der Waals surface area contributed by atoms with Crippen molar-refractivity contribution in [2.45, 2.75) is 26.2 Å². The van der Waals surface area contributed by atoms with Crippen LogP contribution in [-0.2, 0) is 6.42 Å². The van der Waals surface area contributed by atoms with Crippen molar-refractivity contribution in [3.8, 4) is 0 Å². The van der Waals surface area contributed by atoms with Crippen molar-refractivity contribution >= 4 is 16.5 Å². The first-order chi connectivity index (χ1) is 7.33. The minimum atomic E-state index is 0.308. The Morgan fingerprint density at radius 3 is 3.20 bits per heavy atom. The first-order valence-electron chi connectivity index (χ1n) is 5.63. The normalized spacial score (nSPS) is 22.0. The molecule has 1 atom stereocenters. The fourth-order valence-corrected chi connectivity index (χ4v) is 2.94. The monoisotopic (exact) mass is 226 g/mol. The fraction of sp³-hybridized carbons (Fsp3) is 0.727. The standard InChI is InChI=1S/C11H18N2OS/c1-2-10-8-15-11(12-10)13-5-3-4-9(6-13)7-14/h8-9,14H,2-7H2,1H3. The molecular weight excluding hydrogens is 208 g/mol. The quantitative estimate of drug-likeness (QED) is 0.855. The molecule has 0 aliphatic carbocycles. The van der Waals surface area contributed by atoms with E-state index in [4.69, 9.17) is 5.11 Å². The van der Waals surface area contributed by atoms with Gasteiger partial charge in [-0.2, -0.15) is 0 Å². The lowest BCUT2D eigenvalue weighted by molar-refractivity contribution is 0.208. The number of rotatable bonds is 3. The van der Waals surface area contributed by atoms with Gasteiger partial charge in [0.05, 0.1) is 5.69 Å². The average Bonchev–Trinajstić information content (AvgIpc) is 2.78. The Hall–Kier alpha value is -0.610. The highest BCUT2D eigenvalue weighted by atomic mass is 32.1. The van der Waals surface area contributed by atoms with Crippen molar-refractivity contribution in [3.63, 3.8) is 0 Å². The van der Waals surface area contributed by atoms with Crippen LogP contribution in [0.4, 0.5) is 5.13 Å². The molecule has 1 unspecified atom stereocenters. The molecular formula is C11H18N2OS. The van der Waals surface area contributed by atoms with Gasteiger partial charge in [0.1, 0.15) is 0 Å². The molecule has 0 spiro atoms. The van der Waals surface area contributed by atoms with Gasteiger partial charge in [-0.15, -0.1) is 11.3 Å². The molecule has 0 saturated carbocycles. The minimum absolute atomic E-state index is 0.308. The van der Waals surface area contributed by atoms with Crippen molar-refractivity contribution in [3.05, 3.63) is 11.1 Å². The van der Waals surface area contributed by atoms with Crippen molar-refractivity contribution in [2.24, 2.45) is 5.92 Å². The van der Waals surface area contributed by atoms with Gasteiger partial charge in [-0.05, 0) is 25.2 Å². The number of thiazole rings is 1. The van der Waals surface area contributed by atoms with E-state index in [2.05, 4.69) is 22.2 Å². The highest BCUT2D eigenvalue weighted by Crippen LogP contribution is 2.26. The summed E-state index contributed by atoms with van der Waals surface area (Å²) in [6.45, 7) is 4.49. The topological polar surface area (TPSA) is 36.4 Å². The molecule has 1 fully saturated rings. The summed E-state index contributed by atoms with van der Waals surface area (Å²) in [7, 11) is 0. The van der Waals surface area contributed by atoms with E-state index >= 15 is 0 Å². The number of hydrogen-bond donors (Lipinski definition) is 1.